The third kappa shape index (κ3) is 4.36. The minimum atomic E-state index is -1.57. The van der Waals surface area contributed by atoms with Crippen molar-refractivity contribution in [3.05, 3.63) is 79.2 Å². The summed E-state index contributed by atoms with van der Waals surface area (Å²) in [5.74, 6) is -0.419. The van der Waals surface area contributed by atoms with Crippen molar-refractivity contribution in [3.63, 3.8) is 0 Å². The topological polar surface area (TPSA) is 186 Å². The van der Waals surface area contributed by atoms with Crippen molar-refractivity contribution < 1.29 is 10.0 Å². The van der Waals surface area contributed by atoms with Crippen LogP contribution in [0.15, 0.2) is 57.5 Å². The van der Waals surface area contributed by atoms with Crippen LogP contribution in [0.5, 0.6) is 0 Å². The van der Waals surface area contributed by atoms with Crippen LogP contribution in [0.3, 0.4) is 0 Å². The molecule has 0 aliphatic heterocycles. The highest BCUT2D eigenvalue weighted by atomic mass is 35.5. The number of hydrogen-bond acceptors (Lipinski definition) is 7. The second-order valence-corrected chi connectivity index (χ2v) is 6.28. The molecule has 0 amide bonds. The molecule has 1 atom stereocenters. The van der Waals surface area contributed by atoms with E-state index in [1.807, 2.05) is 0 Å². The molecule has 11 nitrogen and oxygen atoms in total. The number of non-ortho nitro benzene ring substituents is 1. The van der Waals surface area contributed by atoms with Crippen LogP contribution in [0.4, 0.5) is 5.69 Å². The number of aliphatic hydroxyl groups excluding tert-OH is 1. The predicted molar refractivity (Wildman–Crippen MR) is 108 cm³/mol. The fourth-order valence-corrected chi connectivity index (χ4v) is 2.71. The molecule has 0 radical (unpaired) electrons. The van der Waals surface area contributed by atoms with Crippen LogP contribution in [-0.4, -0.2) is 31.7 Å². The van der Waals surface area contributed by atoms with Crippen LogP contribution in [0, 0.1) is 10.1 Å². The van der Waals surface area contributed by atoms with Gasteiger partial charge in [-0.25, -0.2) is 4.98 Å². The molecule has 2 aromatic carbocycles. The molecule has 0 fully saturated rings. The Kier molecular flexibility index (Phi) is 5.52. The standard InChI is InChI=1S/C17H14ClN7O4/c18-9-4-5-11-12(7-9)22-16(27)14(21-11)13(23-24-17(19)20)15(26)8-2-1-3-10(6-8)25(28)29/h1-7,15,26H,(H,22,27)(H4,19,20,24)/b23-13-. The maximum atomic E-state index is 12.6. The SMILES string of the molecule is NC(N)=N/N=C(/c1nc2ccc(Cl)cc2[nH]c1=O)C(O)c1cccc([N+](=O)[O-])c1. The monoisotopic (exact) mass is 415 g/mol. The molecule has 3 aromatic rings. The van der Waals surface area contributed by atoms with E-state index in [9.17, 15) is 20.0 Å². The summed E-state index contributed by atoms with van der Waals surface area (Å²) in [6.45, 7) is 0. The van der Waals surface area contributed by atoms with Gasteiger partial charge in [-0.3, -0.25) is 14.9 Å². The van der Waals surface area contributed by atoms with E-state index in [2.05, 4.69) is 20.2 Å². The Morgan fingerprint density at radius 2 is 2.00 bits per heavy atom. The van der Waals surface area contributed by atoms with Crippen LogP contribution in [0.25, 0.3) is 11.0 Å². The fraction of sp³-hybridized carbons (Fsp3) is 0.0588. The van der Waals surface area contributed by atoms with E-state index in [0.29, 0.717) is 16.1 Å². The van der Waals surface area contributed by atoms with Gasteiger partial charge in [-0.1, -0.05) is 23.7 Å². The first kappa shape index (κ1) is 19.9. The third-order valence-electron chi connectivity index (χ3n) is 3.83. The number of halogens is 1. The van der Waals surface area contributed by atoms with Crippen molar-refractivity contribution in [1.82, 2.24) is 9.97 Å². The third-order valence-corrected chi connectivity index (χ3v) is 4.06. The number of guanidine groups is 1. The van der Waals surface area contributed by atoms with E-state index < -0.39 is 22.5 Å². The number of aromatic nitrogens is 2. The van der Waals surface area contributed by atoms with E-state index in [1.54, 1.807) is 12.1 Å². The number of nitro benzene ring substituents is 1. The summed E-state index contributed by atoms with van der Waals surface area (Å²) < 4.78 is 0. The van der Waals surface area contributed by atoms with Crippen LogP contribution < -0.4 is 17.0 Å². The fourth-order valence-electron chi connectivity index (χ4n) is 2.54. The summed E-state index contributed by atoms with van der Waals surface area (Å²) in [5, 5.41) is 29.4. The highest BCUT2D eigenvalue weighted by molar-refractivity contribution is 6.31. The Labute approximate surface area is 167 Å². The lowest BCUT2D eigenvalue weighted by atomic mass is 10.0. The molecule has 148 valence electrons. The Balaban J connectivity index is 2.18. The van der Waals surface area contributed by atoms with Gasteiger partial charge in [0.05, 0.1) is 16.0 Å². The minimum absolute atomic E-state index is 0.0983. The first-order chi connectivity index (χ1) is 13.8. The summed E-state index contributed by atoms with van der Waals surface area (Å²) in [4.78, 5) is 29.8. The van der Waals surface area contributed by atoms with Crippen LogP contribution >= 0.6 is 11.6 Å². The summed E-state index contributed by atoms with van der Waals surface area (Å²) in [6, 6.07) is 9.86. The molecule has 1 aromatic heterocycles. The summed E-state index contributed by atoms with van der Waals surface area (Å²) in [6.07, 6.45) is -1.57. The van der Waals surface area contributed by atoms with Crippen molar-refractivity contribution in [2.45, 2.75) is 6.10 Å². The summed E-state index contributed by atoms with van der Waals surface area (Å²) in [7, 11) is 0. The van der Waals surface area contributed by atoms with E-state index in [0.717, 1.165) is 6.07 Å². The number of nitro groups is 1. The number of benzene rings is 2. The van der Waals surface area contributed by atoms with Gasteiger partial charge in [0.1, 0.15) is 11.8 Å². The van der Waals surface area contributed by atoms with Gasteiger partial charge in [0.15, 0.2) is 5.69 Å². The molecular weight excluding hydrogens is 402 g/mol. The van der Waals surface area contributed by atoms with Crippen molar-refractivity contribution in [1.29, 1.82) is 0 Å². The smallest absolute Gasteiger partial charge is 0.276 e. The lowest BCUT2D eigenvalue weighted by Crippen LogP contribution is -2.27. The largest absolute Gasteiger partial charge is 0.382 e. The van der Waals surface area contributed by atoms with E-state index in [1.165, 1.54) is 24.3 Å². The molecule has 1 heterocycles. The second kappa shape index (κ2) is 8.04. The molecular formula is C17H14ClN7O4. The van der Waals surface area contributed by atoms with E-state index in [-0.39, 0.29) is 22.7 Å². The zero-order chi connectivity index (χ0) is 21.1. The number of hydrogen-bond donors (Lipinski definition) is 4. The Morgan fingerprint density at radius 3 is 2.69 bits per heavy atom. The number of nitrogens with one attached hydrogen (secondary N) is 1. The number of aromatic amines is 1. The maximum Gasteiger partial charge on any atom is 0.276 e. The van der Waals surface area contributed by atoms with Gasteiger partial charge in [0.25, 0.3) is 11.2 Å². The highest BCUT2D eigenvalue weighted by Crippen LogP contribution is 2.23. The van der Waals surface area contributed by atoms with Gasteiger partial charge in [-0.05, 0) is 23.8 Å². The quantitative estimate of drug-likeness (QED) is 0.208. The molecule has 0 aliphatic carbocycles. The zero-order valence-corrected chi connectivity index (χ0v) is 15.4. The lowest BCUT2D eigenvalue weighted by Gasteiger charge is -2.13. The van der Waals surface area contributed by atoms with Crippen LogP contribution in [-0.2, 0) is 0 Å². The highest BCUT2D eigenvalue weighted by Gasteiger charge is 2.24. The lowest BCUT2D eigenvalue weighted by molar-refractivity contribution is -0.385. The molecule has 6 N–H and O–H groups in total. The zero-order valence-electron chi connectivity index (χ0n) is 14.6. The molecule has 29 heavy (non-hydrogen) atoms. The summed E-state index contributed by atoms with van der Waals surface area (Å²) >= 11 is 5.91. The Hall–Kier alpha value is -3.83. The van der Waals surface area contributed by atoms with Gasteiger partial charge in [-0.15, -0.1) is 10.2 Å². The Bertz CT molecular complexity index is 1220. The number of nitrogens with zero attached hydrogens (tertiary/aromatic N) is 4. The molecule has 1 unspecified atom stereocenters. The summed E-state index contributed by atoms with van der Waals surface area (Å²) in [5.41, 5.74) is 9.94. The van der Waals surface area contributed by atoms with Gasteiger partial charge in [-0.2, -0.15) is 0 Å². The van der Waals surface area contributed by atoms with Crippen molar-refractivity contribution in [2.75, 3.05) is 0 Å². The van der Waals surface area contributed by atoms with Gasteiger partial charge in [0, 0.05) is 17.2 Å². The first-order valence-electron chi connectivity index (χ1n) is 8.05. The minimum Gasteiger partial charge on any atom is -0.382 e. The predicted octanol–water partition coefficient (Wildman–Crippen LogP) is 1.20. The van der Waals surface area contributed by atoms with Gasteiger partial charge < -0.3 is 21.6 Å². The van der Waals surface area contributed by atoms with E-state index in [4.69, 9.17) is 23.1 Å². The molecule has 12 heteroatoms. The molecule has 0 spiro atoms. The number of H-pyrrole nitrogens is 1. The van der Waals surface area contributed by atoms with E-state index >= 15 is 0 Å². The van der Waals surface area contributed by atoms with Crippen LogP contribution in [0.2, 0.25) is 5.02 Å². The van der Waals surface area contributed by atoms with Crippen LogP contribution in [0.1, 0.15) is 17.4 Å². The number of aliphatic hydroxyl groups is 1. The molecule has 0 saturated heterocycles. The normalized spacial score (nSPS) is 12.6. The average molecular weight is 416 g/mol. The van der Waals surface area contributed by atoms with Crippen molar-refractivity contribution in [3.8, 4) is 0 Å². The maximum absolute atomic E-state index is 12.6. The van der Waals surface area contributed by atoms with Crippen molar-refractivity contribution in [2.24, 2.45) is 21.7 Å². The second-order valence-electron chi connectivity index (χ2n) is 5.84. The molecule has 0 saturated carbocycles. The average Bonchev–Trinajstić information content (AvgIpc) is 2.68. The number of nitrogens with two attached hydrogens (primary N) is 2. The molecule has 0 bridgehead atoms. The Morgan fingerprint density at radius 1 is 1.24 bits per heavy atom. The number of rotatable bonds is 5. The molecule has 3 rings (SSSR count). The van der Waals surface area contributed by atoms with Gasteiger partial charge in [0.2, 0.25) is 5.96 Å². The first-order valence-corrected chi connectivity index (χ1v) is 8.43. The van der Waals surface area contributed by atoms with Gasteiger partial charge >= 0.3 is 0 Å². The molecule has 0 aliphatic rings. The van der Waals surface area contributed by atoms with Crippen molar-refractivity contribution >= 4 is 40.0 Å². The number of fused-ring (bicyclic) bond motifs is 1.